The van der Waals surface area contributed by atoms with Crippen molar-refractivity contribution < 1.29 is 19.3 Å². The molecule has 1 fully saturated rings. The summed E-state index contributed by atoms with van der Waals surface area (Å²) in [6, 6.07) is 12.5. The van der Waals surface area contributed by atoms with Crippen molar-refractivity contribution in [1.82, 2.24) is 0 Å². The summed E-state index contributed by atoms with van der Waals surface area (Å²) in [5.74, 6) is 2.49. The van der Waals surface area contributed by atoms with Crippen LogP contribution in [-0.4, -0.2) is 43.8 Å². The van der Waals surface area contributed by atoms with E-state index < -0.39 is 0 Å². The molecule has 0 aromatic heterocycles. The SMILES string of the molecule is CCCCOc1ccc(C2=NC3CCC(O)CC3c3cc(OC)c(OC)cc32)cc1. The first-order valence-electron chi connectivity index (χ1n) is 10.9. The van der Waals surface area contributed by atoms with Gasteiger partial charge in [0.2, 0.25) is 0 Å². The zero-order valence-electron chi connectivity index (χ0n) is 18.1. The molecule has 2 aliphatic rings. The third-order valence-corrected chi connectivity index (χ3v) is 6.19. The van der Waals surface area contributed by atoms with Crippen LogP contribution in [0, 0.1) is 0 Å². The molecule has 0 spiro atoms. The number of aliphatic hydroxyl groups is 1. The second-order valence-electron chi connectivity index (χ2n) is 8.14. The van der Waals surface area contributed by atoms with E-state index >= 15 is 0 Å². The Bertz CT molecular complexity index is 906. The minimum Gasteiger partial charge on any atom is -0.494 e. The normalized spacial score (nSPS) is 22.5. The first kappa shape index (κ1) is 20.7. The molecule has 2 aromatic rings. The Kier molecular flexibility index (Phi) is 6.28. The molecule has 1 aliphatic carbocycles. The van der Waals surface area contributed by atoms with E-state index in [1.165, 1.54) is 5.56 Å². The summed E-state index contributed by atoms with van der Waals surface area (Å²) in [7, 11) is 3.31. The van der Waals surface area contributed by atoms with Gasteiger partial charge in [-0.1, -0.05) is 13.3 Å². The fourth-order valence-corrected chi connectivity index (χ4v) is 4.54. The first-order valence-corrected chi connectivity index (χ1v) is 10.9. The highest BCUT2D eigenvalue weighted by Crippen LogP contribution is 2.44. The lowest BCUT2D eigenvalue weighted by Crippen LogP contribution is -2.34. The van der Waals surface area contributed by atoms with Crippen molar-refractivity contribution in [2.45, 2.75) is 57.1 Å². The van der Waals surface area contributed by atoms with Crippen LogP contribution in [0.5, 0.6) is 17.2 Å². The number of methoxy groups -OCH3 is 2. The van der Waals surface area contributed by atoms with Gasteiger partial charge in [-0.2, -0.15) is 0 Å². The Morgan fingerprint density at radius 1 is 1.03 bits per heavy atom. The lowest BCUT2D eigenvalue weighted by molar-refractivity contribution is 0.111. The number of unbranched alkanes of at least 4 members (excludes halogenated alkanes) is 1. The molecule has 1 aliphatic heterocycles. The summed E-state index contributed by atoms with van der Waals surface area (Å²) in [5, 5.41) is 10.3. The number of rotatable bonds is 7. The van der Waals surface area contributed by atoms with Gasteiger partial charge in [0, 0.05) is 17.0 Å². The molecule has 160 valence electrons. The van der Waals surface area contributed by atoms with Crippen molar-refractivity contribution in [3.63, 3.8) is 0 Å². The van der Waals surface area contributed by atoms with E-state index in [4.69, 9.17) is 19.2 Å². The highest BCUT2D eigenvalue weighted by atomic mass is 16.5. The molecule has 3 unspecified atom stereocenters. The Balaban J connectivity index is 1.73. The van der Waals surface area contributed by atoms with Crippen molar-refractivity contribution >= 4 is 5.71 Å². The highest BCUT2D eigenvalue weighted by molar-refractivity contribution is 6.15. The number of aliphatic hydroxyl groups excluding tert-OH is 1. The Morgan fingerprint density at radius 3 is 2.47 bits per heavy atom. The average molecular weight is 410 g/mol. The fourth-order valence-electron chi connectivity index (χ4n) is 4.54. The maximum atomic E-state index is 10.3. The lowest BCUT2D eigenvalue weighted by atomic mass is 9.74. The average Bonchev–Trinajstić information content (AvgIpc) is 2.78. The highest BCUT2D eigenvalue weighted by Gasteiger charge is 2.37. The van der Waals surface area contributed by atoms with E-state index in [9.17, 15) is 5.11 Å². The van der Waals surface area contributed by atoms with E-state index in [0.29, 0.717) is 5.75 Å². The van der Waals surface area contributed by atoms with E-state index in [0.717, 1.165) is 67.0 Å². The molecule has 5 heteroatoms. The lowest BCUT2D eigenvalue weighted by Gasteiger charge is -2.37. The fraction of sp³-hybridized carbons (Fsp3) is 0.480. The van der Waals surface area contributed by atoms with E-state index in [2.05, 4.69) is 25.1 Å². The number of aliphatic imine (C=N–C) groups is 1. The maximum Gasteiger partial charge on any atom is 0.161 e. The molecule has 1 N–H and O–H groups in total. The van der Waals surface area contributed by atoms with Crippen molar-refractivity contribution in [1.29, 1.82) is 0 Å². The Labute approximate surface area is 178 Å². The van der Waals surface area contributed by atoms with Crippen molar-refractivity contribution in [3.05, 3.63) is 53.1 Å². The van der Waals surface area contributed by atoms with Crippen LogP contribution in [0.1, 0.15) is 61.6 Å². The molecule has 0 bridgehead atoms. The van der Waals surface area contributed by atoms with E-state index in [1.807, 2.05) is 18.2 Å². The maximum absolute atomic E-state index is 10.3. The number of nitrogens with zero attached hydrogens (tertiary/aromatic N) is 1. The molecule has 30 heavy (non-hydrogen) atoms. The number of benzene rings is 2. The zero-order valence-corrected chi connectivity index (χ0v) is 18.1. The summed E-state index contributed by atoms with van der Waals surface area (Å²) < 4.78 is 17.0. The Morgan fingerprint density at radius 2 is 1.77 bits per heavy atom. The minimum absolute atomic E-state index is 0.175. The van der Waals surface area contributed by atoms with Crippen LogP contribution in [0.25, 0.3) is 0 Å². The molecule has 5 nitrogen and oxygen atoms in total. The van der Waals surface area contributed by atoms with Gasteiger partial charge in [0.15, 0.2) is 11.5 Å². The van der Waals surface area contributed by atoms with Gasteiger partial charge in [0.25, 0.3) is 0 Å². The van der Waals surface area contributed by atoms with Gasteiger partial charge < -0.3 is 19.3 Å². The van der Waals surface area contributed by atoms with Crippen LogP contribution in [0.2, 0.25) is 0 Å². The third kappa shape index (κ3) is 4.04. The van der Waals surface area contributed by atoms with Crippen molar-refractivity contribution in [2.24, 2.45) is 4.99 Å². The molecule has 0 saturated heterocycles. The number of fused-ring (bicyclic) bond motifs is 3. The monoisotopic (exact) mass is 409 g/mol. The van der Waals surface area contributed by atoms with Gasteiger partial charge in [-0.3, -0.25) is 4.99 Å². The zero-order chi connectivity index (χ0) is 21.1. The van der Waals surface area contributed by atoms with Crippen LogP contribution < -0.4 is 14.2 Å². The van der Waals surface area contributed by atoms with Crippen molar-refractivity contribution in [3.8, 4) is 17.2 Å². The molecule has 0 amide bonds. The summed E-state index contributed by atoms with van der Waals surface area (Å²) in [5.41, 5.74) is 4.28. The standard InChI is InChI=1S/C25H31NO4/c1-4-5-12-30-18-9-6-16(7-10-18)25-21-15-24(29-3)23(28-2)14-19(21)20-13-17(27)8-11-22(20)26-25/h6-7,9-10,14-15,17,20,22,27H,4-5,8,11-13H2,1-3H3. The molecule has 1 heterocycles. The minimum atomic E-state index is -0.275. The predicted octanol–water partition coefficient (Wildman–Crippen LogP) is 4.73. The predicted molar refractivity (Wildman–Crippen MR) is 118 cm³/mol. The van der Waals surface area contributed by atoms with E-state index in [1.54, 1.807) is 14.2 Å². The molecule has 0 radical (unpaired) electrons. The van der Waals surface area contributed by atoms with Gasteiger partial charge in [-0.05, 0) is 67.6 Å². The second-order valence-corrected chi connectivity index (χ2v) is 8.14. The molecule has 2 aromatic carbocycles. The quantitative estimate of drug-likeness (QED) is 0.672. The van der Waals surface area contributed by atoms with Gasteiger partial charge in [-0.15, -0.1) is 0 Å². The van der Waals surface area contributed by atoms with Crippen LogP contribution in [-0.2, 0) is 0 Å². The van der Waals surface area contributed by atoms with Crippen molar-refractivity contribution in [2.75, 3.05) is 20.8 Å². The number of ether oxygens (including phenoxy) is 3. The summed E-state index contributed by atoms with van der Waals surface area (Å²) in [4.78, 5) is 5.15. The largest absolute Gasteiger partial charge is 0.494 e. The molecule has 3 atom stereocenters. The van der Waals surface area contributed by atoms with Gasteiger partial charge in [-0.25, -0.2) is 0 Å². The van der Waals surface area contributed by atoms with Gasteiger partial charge in [0.1, 0.15) is 5.75 Å². The number of hydrogen-bond donors (Lipinski definition) is 1. The van der Waals surface area contributed by atoms with E-state index in [-0.39, 0.29) is 18.1 Å². The van der Waals surface area contributed by atoms with Gasteiger partial charge >= 0.3 is 0 Å². The van der Waals surface area contributed by atoms with Crippen LogP contribution >= 0.6 is 0 Å². The second kappa shape index (κ2) is 9.09. The molecule has 1 saturated carbocycles. The van der Waals surface area contributed by atoms with Crippen LogP contribution in [0.15, 0.2) is 41.4 Å². The number of hydrogen-bond acceptors (Lipinski definition) is 5. The summed E-state index contributed by atoms with van der Waals surface area (Å²) in [6.45, 7) is 2.90. The smallest absolute Gasteiger partial charge is 0.161 e. The summed E-state index contributed by atoms with van der Waals surface area (Å²) in [6.07, 6.45) is 4.32. The van der Waals surface area contributed by atoms with Crippen LogP contribution in [0.4, 0.5) is 0 Å². The molecule has 4 rings (SSSR count). The van der Waals surface area contributed by atoms with Gasteiger partial charge in [0.05, 0.1) is 38.7 Å². The molecular formula is C25H31NO4. The summed E-state index contributed by atoms with van der Waals surface area (Å²) >= 11 is 0. The Hall–Kier alpha value is -2.53. The first-order chi connectivity index (χ1) is 14.6. The third-order valence-electron chi connectivity index (χ3n) is 6.19. The van der Waals surface area contributed by atoms with Crippen LogP contribution in [0.3, 0.4) is 0 Å². The molecular weight excluding hydrogens is 378 g/mol. The topological polar surface area (TPSA) is 60.3 Å².